The number of carbonyl (C=O) groups excluding carboxylic acids is 3. The predicted octanol–water partition coefficient (Wildman–Crippen LogP) is 1.73. The molecule has 2 aromatic rings. The molecule has 0 unspecified atom stereocenters. The number of para-hydroxylation sites is 1. The van der Waals surface area contributed by atoms with Gasteiger partial charge in [-0.05, 0) is 30.2 Å². The van der Waals surface area contributed by atoms with Crippen molar-refractivity contribution >= 4 is 17.7 Å². The van der Waals surface area contributed by atoms with Gasteiger partial charge in [-0.1, -0.05) is 43.3 Å². The second kappa shape index (κ2) is 10.4. The number of hydrogen-bond donors (Lipinski definition) is 1. The van der Waals surface area contributed by atoms with Gasteiger partial charge in [0.1, 0.15) is 5.75 Å². The van der Waals surface area contributed by atoms with Crippen molar-refractivity contribution < 1.29 is 19.1 Å². The Morgan fingerprint density at radius 3 is 2.13 bits per heavy atom. The average molecular weight is 409 g/mol. The van der Waals surface area contributed by atoms with Gasteiger partial charge >= 0.3 is 0 Å². The molecule has 2 aromatic carbocycles. The SMILES string of the molecule is CCc1ccccc1OCC(=O)N1CCN(C(=O)CNC(=O)c2ccccc2)CC1. The Balaban J connectivity index is 1.41. The van der Waals surface area contributed by atoms with Crippen LogP contribution in [0.1, 0.15) is 22.8 Å². The van der Waals surface area contributed by atoms with Crippen LogP contribution in [0.2, 0.25) is 0 Å². The topological polar surface area (TPSA) is 79.0 Å². The first kappa shape index (κ1) is 21.4. The summed E-state index contributed by atoms with van der Waals surface area (Å²) in [6, 6.07) is 16.5. The Bertz CT molecular complexity index is 877. The van der Waals surface area contributed by atoms with E-state index in [4.69, 9.17) is 4.74 Å². The second-order valence-electron chi connectivity index (χ2n) is 7.06. The Labute approximate surface area is 176 Å². The molecular formula is C23H27N3O4. The van der Waals surface area contributed by atoms with E-state index in [9.17, 15) is 14.4 Å². The van der Waals surface area contributed by atoms with E-state index in [0.717, 1.165) is 17.7 Å². The van der Waals surface area contributed by atoms with Crippen molar-refractivity contribution in [1.82, 2.24) is 15.1 Å². The summed E-state index contributed by atoms with van der Waals surface area (Å²) in [5.41, 5.74) is 1.59. The minimum absolute atomic E-state index is 0.0158. The highest BCUT2D eigenvalue weighted by Crippen LogP contribution is 2.18. The molecule has 3 rings (SSSR count). The van der Waals surface area contributed by atoms with Crippen LogP contribution in [-0.2, 0) is 16.0 Å². The second-order valence-corrected chi connectivity index (χ2v) is 7.06. The molecule has 1 N–H and O–H groups in total. The third-order valence-corrected chi connectivity index (χ3v) is 5.13. The molecule has 1 aliphatic heterocycles. The molecule has 0 atom stereocenters. The number of nitrogens with one attached hydrogen (secondary N) is 1. The summed E-state index contributed by atoms with van der Waals surface area (Å²) in [6.45, 7) is 3.76. The molecule has 0 radical (unpaired) electrons. The van der Waals surface area contributed by atoms with Crippen LogP contribution in [0.15, 0.2) is 54.6 Å². The van der Waals surface area contributed by atoms with Gasteiger partial charge in [0.05, 0.1) is 6.54 Å². The minimum Gasteiger partial charge on any atom is -0.483 e. The Hall–Kier alpha value is -3.35. The third kappa shape index (κ3) is 5.59. The zero-order valence-electron chi connectivity index (χ0n) is 17.2. The standard InChI is InChI=1S/C23H27N3O4/c1-2-18-8-6-7-11-20(18)30-17-22(28)26-14-12-25(13-15-26)21(27)16-24-23(29)19-9-4-3-5-10-19/h3-11H,2,12-17H2,1H3,(H,24,29). The van der Waals surface area contributed by atoms with E-state index in [1.165, 1.54) is 0 Å². The first-order chi connectivity index (χ1) is 14.6. The minimum atomic E-state index is -0.276. The van der Waals surface area contributed by atoms with E-state index >= 15 is 0 Å². The maximum absolute atomic E-state index is 12.5. The van der Waals surface area contributed by atoms with Gasteiger partial charge < -0.3 is 19.9 Å². The lowest BCUT2D eigenvalue weighted by Gasteiger charge is -2.34. The number of piperazine rings is 1. The van der Waals surface area contributed by atoms with Crippen molar-refractivity contribution in [2.24, 2.45) is 0 Å². The number of carbonyl (C=O) groups is 3. The van der Waals surface area contributed by atoms with Crippen molar-refractivity contribution in [3.05, 3.63) is 65.7 Å². The lowest BCUT2D eigenvalue weighted by molar-refractivity contribution is -0.140. The summed E-state index contributed by atoms with van der Waals surface area (Å²) < 4.78 is 5.71. The van der Waals surface area contributed by atoms with Gasteiger partial charge in [-0.15, -0.1) is 0 Å². The number of ether oxygens (including phenoxy) is 1. The lowest BCUT2D eigenvalue weighted by Crippen LogP contribution is -2.53. The van der Waals surface area contributed by atoms with E-state index < -0.39 is 0 Å². The number of amides is 3. The van der Waals surface area contributed by atoms with Crippen LogP contribution < -0.4 is 10.1 Å². The van der Waals surface area contributed by atoms with Crippen LogP contribution in [0.5, 0.6) is 5.75 Å². The Morgan fingerprint density at radius 2 is 1.47 bits per heavy atom. The summed E-state index contributed by atoms with van der Waals surface area (Å²) in [6.07, 6.45) is 0.839. The molecule has 1 saturated heterocycles. The van der Waals surface area contributed by atoms with Gasteiger partial charge in [-0.3, -0.25) is 14.4 Å². The Morgan fingerprint density at radius 1 is 0.867 bits per heavy atom. The van der Waals surface area contributed by atoms with E-state index in [-0.39, 0.29) is 30.9 Å². The number of nitrogens with zero attached hydrogens (tertiary/aromatic N) is 2. The van der Waals surface area contributed by atoms with Crippen LogP contribution in [-0.4, -0.2) is 66.9 Å². The molecule has 7 heteroatoms. The van der Waals surface area contributed by atoms with Crippen LogP contribution in [0.3, 0.4) is 0 Å². The number of aryl methyl sites for hydroxylation is 1. The van der Waals surface area contributed by atoms with Crippen molar-refractivity contribution in [3.63, 3.8) is 0 Å². The highest BCUT2D eigenvalue weighted by atomic mass is 16.5. The maximum atomic E-state index is 12.5. The van der Waals surface area contributed by atoms with Crippen molar-refractivity contribution in [2.75, 3.05) is 39.3 Å². The van der Waals surface area contributed by atoms with Crippen molar-refractivity contribution in [3.8, 4) is 5.75 Å². The molecule has 0 spiro atoms. The van der Waals surface area contributed by atoms with E-state index in [2.05, 4.69) is 5.32 Å². The highest BCUT2D eigenvalue weighted by Gasteiger charge is 2.24. The molecule has 1 aliphatic rings. The molecule has 0 bridgehead atoms. The molecule has 0 saturated carbocycles. The van der Waals surface area contributed by atoms with Gasteiger partial charge in [-0.25, -0.2) is 0 Å². The predicted molar refractivity (Wildman–Crippen MR) is 113 cm³/mol. The van der Waals surface area contributed by atoms with Gasteiger partial charge in [0.25, 0.3) is 11.8 Å². The van der Waals surface area contributed by atoms with Crippen LogP contribution >= 0.6 is 0 Å². The normalized spacial score (nSPS) is 13.6. The highest BCUT2D eigenvalue weighted by molar-refractivity contribution is 5.96. The summed E-state index contributed by atoms with van der Waals surface area (Å²) in [5.74, 6) is 0.212. The quantitative estimate of drug-likeness (QED) is 0.755. The molecule has 7 nitrogen and oxygen atoms in total. The first-order valence-corrected chi connectivity index (χ1v) is 10.2. The summed E-state index contributed by atoms with van der Waals surface area (Å²) in [5, 5.41) is 2.65. The van der Waals surface area contributed by atoms with Crippen LogP contribution in [0.25, 0.3) is 0 Å². The third-order valence-electron chi connectivity index (χ3n) is 5.13. The zero-order chi connectivity index (χ0) is 21.3. The monoisotopic (exact) mass is 409 g/mol. The van der Waals surface area contributed by atoms with E-state index in [1.54, 1.807) is 34.1 Å². The molecule has 30 heavy (non-hydrogen) atoms. The molecule has 158 valence electrons. The fraction of sp³-hybridized carbons (Fsp3) is 0.348. The molecule has 3 amide bonds. The van der Waals surface area contributed by atoms with Crippen molar-refractivity contribution in [2.45, 2.75) is 13.3 Å². The van der Waals surface area contributed by atoms with E-state index in [1.807, 2.05) is 37.3 Å². The number of rotatable bonds is 7. The molecular weight excluding hydrogens is 382 g/mol. The summed E-state index contributed by atoms with van der Waals surface area (Å²) >= 11 is 0. The smallest absolute Gasteiger partial charge is 0.260 e. The average Bonchev–Trinajstić information content (AvgIpc) is 2.81. The molecule has 0 aliphatic carbocycles. The fourth-order valence-corrected chi connectivity index (χ4v) is 3.33. The molecule has 0 aromatic heterocycles. The number of benzene rings is 2. The molecule has 1 heterocycles. The summed E-state index contributed by atoms with van der Waals surface area (Å²) in [7, 11) is 0. The van der Waals surface area contributed by atoms with Gasteiger partial charge in [0, 0.05) is 31.7 Å². The first-order valence-electron chi connectivity index (χ1n) is 10.2. The number of hydrogen-bond acceptors (Lipinski definition) is 4. The maximum Gasteiger partial charge on any atom is 0.260 e. The zero-order valence-corrected chi connectivity index (χ0v) is 17.2. The van der Waals surface area contributed by atoms with Crippen molar-refractivity contribution in [1.29, 1.82) is 0 Å². The summed E-state index contributed by atoms with van der Waals surface area (Å²) in [4.78, 5) is 40.3. The largest absolute Gasteiger partial charge is 0.483 e. The van der Waals surface area contributed by atoms with Crippen LogP contribution in [0, 0.1) is 0 Å². The van der Waals surface area contributed by atoms with Gasteiger partial charge in [0.15, 0.2) is 6.61 Å². The van der Waals surface area contributed by atoms with Gasteiger partial charge in [-0.2, -0.15) is 0 Å². The molecule has 1 fully saturated rings. The van der Waals surface area contributed by atoms with Gasteiger partial charge in [0.2, 0.25) is 5.91 Å². The Kier molecular flexibility index (Phi) is 7.43. The van der Waals surface area contributed by atoms with E-state index in [0.29, 0.717) is 31.7 Å². The van der Waals surface area contributed by atoms with Crippen LogP contribution in [0.4, 0.5) is 0 Å². The fourth-order valence-electron chi connectivity index (χ4n) is 3.33. The lowest BCUT2D eigenvalue weighted by atomic mass is 10.1.